The molecular weight excluding hydrogens is 885 g/mol. The minimum atomic E-state index is -1.76. The number of aromatic amines is 1. The van der Waals surface area contributed by atoms with E-state index in [4.69, 9.17) is 4.74 Å². The van der Waals surface area contributed by atoms with Gasteiger partial charge in [0.15, 0.2) is 11.6 Å². The highest BCUT2D eigenvalue weighted by molar-refractivity contribution is 6.03. The van der Waals surface area contributed by atoms with E-state index in [0.29, 0.717) is 49.5 Å². The van der Waals surface area contributed by atoms with E-state index >= 15 is 4.79 Å². The number of hydrogen-bond donors (Lipinski definition) is 8. The lowest BCUT2D eigenvalue weighted by Gasteiger charge is -2.65. The molecule has 9 rings (SSSR count). The number of aliphatic hydroxyl groups excluding tert-OH is 4. The van der Waals surface area contributed by atoms with Gasteiger partial charge in [-0.15, -0.1) is 5.92 Å². The van der Waals surface area contributed by atoms with Crippen LogP contribution in [0.2, 0.25) is 0 Å². The molecule has 386 valence electrons. The summed E-state index contributed by atoms with van der Waals surface area (Å²) < 4.78 is 5.91. The van der Waals surface area contributed by atoms with Crippen molar-refractivity contribution in [3.63, 3.8) is 0 Å². The second kappa shape index (κ2) is 19.2. The maximum Gasteiger partial charge on any atom is 0.313 e. The van der Waals surface area contributed by atoms with Gasteiger partial charge in [0.1, 0.15) is 6.04 Å². The van der Waals surface area contributed by atoms with E-state index in [9.17, 15) is 40.2 Å². The summed E-state index contributed by atoms with van der Waals surface area (Å²) in [6, 6.07) is 0.814. The molecule has 70 heavy (non-hydrogen) atoms. The summed E-state index contributed by atoms with van der Waals surface area (Å²) in [5, 5.41) is 77.0. The van der Waals surface area contributed by atoms with Crippen LogP contribution in [0, 0.1) is 87.3 Å². The normalized spacial score (nSPS) is 46.4. The first-order valence-corrected chi connectivity index (χ1v) is 27.3. The van der Waals surface area contributed by atoms with Crippen LogP contribution in [-0.2, 0) is 19.1 Å². The highest BCUT2D eigenvalue weighted by atomic mass is 16.5. The number of allylic oxidation sites excluding steroid dienone is 3. The summed E-state index contributed by atoms with van der Waals surface area (Å²) in [4.78, 5) is 45.9. The van der Waals surface area contributed by atoms with Gasteiger partial charge in [-0.05, 0) is 155 Å². The number of carbonyl (C=O) groups is 3. The number of esters is 1. The molecule has 7 aliphatic carbocycles. The number of H-pyrrole nitrogens is 1. The Hall–Kier alpha value is -3.31. The lowest BCUT2D eigenvalue weighted by atomic mass is 9.39. The predicted octanol–water partition coefficient (Wildman–Crippen LogP) is 7.07. The first kappa shape index (κ1) is 51.6. The van der Waals surface area contributed by atoms with Crippen molar-refractivity contribution in [1.29, 1.82) is 0 Å². The molecule has 2 heterocycles. The van der Waals surface area contributed by atoms with E-state index in [1.807, 2.05) is 32.3 Å². The molecule has 8 aliphatic rings. The van der Waals surface area contributed by atoms with Gasteiger partial charge < -0.3 is 45.7 Å². The van der Waals surface area contributed by atoms with Crippen molar-refractivity contribution >= 4 is 17.5 Å². The second-order valence-corrected chi connectivity index (χ2v) is 25.0. The number of unbranched alkanes of at least 4 members (excludes halogenated alkanes) is 2. The fraction of sp³-hybridized carbons (Fsp3) is 0.776. The number of hydrogen-bond acceptors (Lipinski definition) is 11. The number of ketones is 2. The van der Waals surface area contributed by atoms with Crippen LogP contribution in [0.5, 0.6) is 0 Å². The molecular formula is C58H84N2O10. The molecule has 8 N–H and O–H groups in total. The summed E-state index contributed by atoms with van der Waals surface area (Å²) in [7, 11) is 0. The van der Waals surface area contributed by atoms with Crippen molar-refractivity contribution in [1.82, 2.24) is 10.3 Å². The average Bonchev–Trinajstić information content (AvgIpc) is 4.03. The van der Waals surface area contributed by atoms with Crippen LogP contribution < -0.4 is 5.32 Å². The van der Waals surface area contributed by atoms with Crippen molar-refractivity contribution in [3.8, 4) is 11.8 Å². The lowest BCUT2D eigenvalue weighted by Crippen LogP contribution is -2.68. The van der Waals surface area contributed by atoms with Crippen LogP contribution in [0.3, 0.4) is 0 Å². The van der Waals surface area contributed by atoms with Gasteiger partial charge in [-0.25, -0.2) is 0 Å². The standard InChI is InChI=1S/C58H84N2O10/c1-8-9-10-20-57-28-46(64)45(63)27-55(57,6)43-18-21-54(5)51-37(26-58(54,69)49(43)50(52(57)66)60-44(30-61)34(4)62)13-11-12-36(42-31-70-53(67)48(42)38-19-22-59-29-38)25-41-39(33(3)24-47(65)56(51,7)68)17-16-35-15-14-32(2)23-40(35)41/h16,19,22,29,32-33,36-37,39-48,51,59-61,63-65,68-69H,8-10,13-15,17-18,20-21,23-28,30-31H2,1-7H3/t32-,33+,36+,37-,39-,40-,41-,42+,43-,44-,45-,46+,47+,48+,51-,54+,55+,56-,57-,58+/m0/s1. The zero-order chi connectivity index (χ0) is 50.3. The van der Waals surface area contributed by atoms with Crippen molar-refractivity contribution in [2.75, 3.05) is 13.2 Å². The van der Waals surface area contributed by atoms with E-state index in [2.05, 4.69) is 49.0 Å². The van der Waals surface area contributed by atoms with Crippen molar-refractivity contribution < 1.29 is 49.8 Å². The lowest BCUT2D eigenvalue weighted by molar-refractivity contribution is -0.196. The summed E-state index contributed by atoms with van der Waals surface area (Å²) in [5.41, 5.74) is -3.65. The Morgan fingerprint density at radius 2 is 1.73 bits per heavy atom. The molecule has 0 spiro atoms. The van der Waals surface area contributed by atoms with Gasteiger partial charge >= 0.3 is 5.97 Å². The van der Waals surface area contributed by atoms with Crippen molar-refractivity contribution in [2.24, 2.45) is 75.4 Å². The van der Waals surface area contributed by atoms with Crippen molar-refractivity contribution in [2.45, 2.75) is 193 Å². The molecule has 1 aliphatic heterocycles. The number of rotatable bonds is 10. The maximum atomic E-state index is 15.9. The molecule has 4 saturated carbocycles. The fourth-order valence-electron chi connectivity index (χ4n) is 17.4. The maximum absolute atomic E-state index is 15.9. The van der Waals surface area contributed by atoms with Gasteiger partial charge in [-0.2, -0.15) is 0 Å². The molecule has 0 amide bonds. The smallest absolute Gasteiger partial charge is 0.313 e. The number of ether oxygens (including phenoxy) is 1. The highest BCUT2D eigenvalue weighted by Gasteiger charge is 2.75. The van der Waals surface area contributed by atoms with E-state index < -0.39 is 82.1 Å². The number of aliphatic hydroxyl groups is 6. The quantitative estimate of drug-likeness (QED) is 0.0515. The van der Waals surface area contributed by atoms with Gasteiger partial charge in [0.25, 0.3) is 0 Å². The van der Waals surface area contributed by atoms with Gasteiger partial charge in [0.05, 0.1) is 54.3 Å². The van der Waals surface area contributed by atoms with Crippen LogP contribution in [0.15, 0.2) is 41.4 Å². The molecule has 1 aromatic rings. The fourth-order valence-corrected chi connectivity index (χ4v) is 17.4. The zero-order valence-corrected chi connectivity index (χ0v) is 43.0. The number of aromatic nitrogens is 1. The molecule has 12 heteroatoms. The zero-order valence-electron chi connectivity index (χ0n) is 43.0. The van der Waals surface area contributed by atoms with E-state index in [0.717, 1.165) is 44.1 Å². The summed E-state index contributed by atoms with van der Waals surface area (Å²) in [6.45, 7) is 13.5. The van der Waals surface area contributed by atoms with Crippen molar-refractivity contribution in [3.05, 3.63) is 46.9 Å². The van der Waals surface area contributed by atoms with Crippen LogP contribution in [0.4, 0.5) is 0 Å². The molecule has 1 saturated heterocycles. The topological polar surface area (TPSA) is 210 Å². The highest BCUT2D eigenvalue weighted by Crippen LogP contribution is 2.74. The monoisotopic (exact) mass is 969 g/mol. The average molecular weight is 969 g/mol. The Kier molecular flexibility index (Phi) is 14.1. The number of cyclic esters (lactones) is 1. The molecule has 0 unspecified atom stereocenters. The van der Waals surface area contributed by atoms with E-state index in [1.165, 1.54) is 18.9 Å². The van der Waals surface area contributed by atoms with Gasteiger partial charge in [-0.3, -0.25) is 14.4 Å². The molecule has 0 aromatic carbocycles. The predicted molar refractivity (Wildman–Crippen MR) is 265 cm³/mol. The van der Waals surface area contributed by atoms with Crippen LogP contribution in [-0.4, -0.2) is 102 Å². The van der Waals surface area contributed by atoms with E-state index in [1.54, 1.807) is 6.92 Å². The van der Waals surface area contributed by atoms with Crippen LogP contribution in [0.25, 0.3) is 0 Å². The summed E-state index contributed by atoms with van der Waals surface area (Å²) in [5.74, 6) is 5.40. The van der Waals surface area contributed by atoms with Crippen LogP contribution in [0.1, 0.15) is 163 Å². The molecule has 12 nitrogen and oxygen atoms in total. The van der Waals surface area contributed by atoms with Gasteiger partial charge in [-0.1, -0.05) is 71.5 Å². The Morgan fingerprint density at radius 1 is 0.971 bits per heavy atom. The third-order valence-electron chi connectivity index (χ3n) is 21.2. The number of carbonyl (C=O) groups excluding carboxylic acids is 3. The van der Waals surface area contributed by atoms with Crippen LogP contribution >= 0.6 is 0 Å². The number of nitrogens with one attached hydrogen (secondary N) is 2. The number of fused-ring (bicyclic) bond motifs is 10. The molecule has 5 fully saturated rings. The minimum Gasteiger partial charge on any atom is -0.465 e. The Morgan fingerprint density at radius 3 is 2.43 bits per heavy atom. The second-order valence-electron chi connectivity index (χ2n) is 25.0. The third kappa shape index (κ3) is 8.13. The molecule has 1 aromatic heterocycles. The Bertz CT molecular complexity index is 2280. The first-order chi connectivity index (χ1) is 33.2. The minimum absolute atomic E-state index is 0.00501. The van der Waals surface area contributed by atoms with E-state index in [-0.39, 0.29) is 85.1 Å². The number of Topliss-reactive ketones (excluding diaryl/α,β-unsaturated/α-hetero) is 2. The van der Waals surface area contributed by atoms with Gasteiger partial charge in [0.2, 0.25) is 0 Å². The Labute approximate surface area is 416 Å². The SMILES string of the molecule is CCCCC[C@@]12C[C@@H](O)[C@@H](O)C[C@]1(C)[C@H]1CC[C@]3(C)[C@@H]4[C@@H](CC#C[C@@H]([C@H]5COC(=O)[C@@H]5c5cc[nH]c5)C[C@H]5[C@@H](CC=C6CC[C@H](C)C[C@@H]65)[C@H](C)C[C@@H](O)[C@]4(C)O)C[C@@]3(O)C1=C(N[C@@H](CO)C(C)=O)C2=O. The Balaban J connectivity index is 1.20. The summed E-state index contributed by atoms with van der Waals surface area (Å²) >= 11 is 0. The largest absolute Gasteiger partial charge is 0.465 e. The molecule has 0 bridgehead atoms. The first-order valence-electron chi connectivity index (χ1n) is 27.3. The molecule has 20 atom stereocenters. The third-order valence-corrected chi connectivity index (χ3v) is 21.2. The van der Waals surface area contributed by atoms with Gasteiger partial charge in [0, 0.05) is 47.4 Å². The summed E-state index contributed by atoms with van der Waals surface area (Å²) in [6.07, 6.45) is 12.5. The molecule has 0 radical (unpaired) electrons.